The lowest BCUT2D eigenvalue weighted by Crippen LogP contribution is -2.14. The van der Waals surface area contributed by atoms with Crippen molar-refractivity contribution in [2.45, 2.75) is 33.1 Å². The largest absolute Gasteiger partial charge is 0.331 e. The van der Waals surface area contributed by atoms with Crippen LogP contribution < -0.4 is 5.69 Å². The number of hydrogen-bond donors (Lipinski definition) is 1. The highest BCUT2D eigenvalue weighted by Gasteiger charge is 2.09. The summed E-state index contributed by atoms with van der Waals surface area (Å²) in [5.41, 5.74) is 5.22. The molecule has 0 radical (unpaired) electrons. The predicted octanol–water partition coefficient (Wildman–Crippen LogP) is 3.83. The Bertz CT molecular complexity index is 809. The van der Waals surface area contributed by atoms with Crippen LogP contribution in [0.1, 0.15) is 31.4 Å². The first-order valence-electron chi connectivity index (χ1n) is 7.56. The van der Waals surface area contributed by atoms with Gasteiger partial charge in [-0.2, -0.15) is 0 Å². The average molecular weight is 280 g/mol. The van der Waals surface area contributed by atoms with Gasteiger partial charge in [0, 0.05) is 0 Å². The van der Waals surface area contributed by atoms with Crippen LogP contribution >= 0.6 is 0 Å². The van der Waals surface area contributed by atoms with Crippen molar-refractivity contribution >= 4 is 11.0 Å². The molecule has 0 atom stereocenters. The van der Waals surface area contributed by atoms with E-state index in [-0.39, 0.29) is 5.69 Å². The summed E-state index contributed by atoms with van der Waals surface area (Å²) in [5.74, 6) is 0. The molecule has 0 unspecified atom stereocenters. The van der Waals surface area contributed by atoms with Crippen molar-refractivity contribution in [1.29, 1.82) is 0 Å². The lowest BCUT2D eigenvalue weighted by Gasteiger charge is -2.06. The number of hydrogen-bond acceptors (Lipinski definition) is 1. The fourth-order valence-electron chi connectivity index (χ4n) is 2.73. The van der Waals surface area contributed by atoms with E-state index in [1.807, 2.05) is 18.2 Å². The average Bonchev–Trinajstić information content (AvgIpc) is 2.83. The molecule has 0 spiro atoms. The molecule has 3 aromatic rings. The smallest absolute Gasteiger partial charge is 0.305 e. The second kappa shape index (κ2) is 5.60. The van der Waals surface area contributed by atoms with E-state index in [0.29, 0.717) is 0 Å². The molecule has 0 saturated carbocycles. The number of imidazole rings is 1. The monoisotopic (exact) mass is 280 g/mol. The van der Waals surface area contributed by atoms with Crippen molar-refractivity contribution in [3.8, 4) is 5.69 Å². The first-order valence-corrected chi connectivity index (χ1v) is 7.56. The van der Waals surface area contributed by atoms with Gasteiger partial charge in [-0.3, -0.25) is 4.57 Å². The van der Waals surface area contributed by atoms with Gasteiger partial charge in [-0.25, -0.2) is 4.79 Å². The summed E-state index contributed by atoms with van der Waals surface area (Å²) in [5, 5.41) is 0. The van der Waals surface area contributed by atoms with Crippen molar-refractivity contribution in [3.63, 3.8) is 0 Å². The molecule has 21 heavy (non-hydrogen) atoms. The highest BCUT2D eigenvalue weighted by Crippen LogP contribution is 2.18. The van der Waals surface area contributed by atoms with Crippen LogP contribution in [0.2, 0.25) is 0 Å². The van der Waals surface area contributed by atoms with Crippen LogP contribution in [0, 0.1) is 0 Å². The van der Waals surface area contributed by atoms with Gasteiger partial charge in [0.05, 0.1) is 16.7 Å². The topological polar surface area (TPSA) is 37.8 Å². The van der Waals surface area contributed by atoms with E-state index < -0.39 is 0 Å². The molecule has 1 heterocycles. The van der Waals surface area contributed by atoms with E-state index in [2.05, 4.69) is 43.1 Å². The number of rotatable bonds is 4. The van der Waals surface area contributed by atoms with Crippen LogP contribution in [0.3, 0.4) is 0 Å². The summed E-state index contributed by atoms with van der Waals surface area (Å²) in [7, 11) is 0. The van der Waals surface area contributed by atoms with Crippen molar-refractivity contribution in [3.05, 3.63) is 64.1 Å². The van der Waals surface area contributed by atoms with Crippen molar-refractivity contribution < 1.29 is 0 Å². The minimum Gasteiger partial charge on any atom is -0.305 e. The Morgan fingerprint density at radius 3 is 2.38 bits per heavy atom. The van der Waals surface area contributed by atoms with Crippen LogP contribution in [0.5, 0.6) is 0 Å². The quantitative estimate of drug-likeness (QED) is 0.775. The van der Waals surface area contributed by atoms with Gasteiger partial charge in [0.15, 0.2) is 0 Å². The zero-order valence-corrected chi connectivity index (χ0v) is 12.5. The molecule has 0 aliphatic rings. The first-order chi connectivity index (χ1) is 10.2. The van der Waals surface area contributed by atoms with E-state index >= 15 is 0 Å². The normalized spacial score (nSPS) is 11.1. The van der Waals surface area contributed by atoms with E-state index in [4.69, 9.17) is 0 Å². The number of aromatic amines is 1. The maximum absolute atomic E-state index is 12.3. The summed E-state index contributed by atoms with van der Waals surface area (Å²) < 4.78 is 1.76. The minimum atomic E-state index is -0.0807. The maximum atomic E-state index is 12.3. The number of benzene rings is 2. The number of nitrogens with zero attached hydrogens (tertiary/aromatic N) is 1. The second-order valence-electron chi connectivity index (χ2n) is 5.39. The van der Waals surface area contributed by atoms with Crippen molar-refractivity contribution in [2.24, 2.45) is 0 Å². The lowest BCUT2D eigenvalue weighted by atomic mass is 10.1. The Hall–Kier alpha value is -2.29. The number of aromatic nitrogens is 2. The highest BCUT2D eigenvalue weighted by atomic mass is 16.1. The third kappa shape index (κ3) is 2.51. The number of nitrogens with one attached hydrogen (secondary N) is 1. The zero-order valence-electron chi connectivity index (χ0n) is 12.5. The molecule has 1 aromatic heterocycles. The van der Waals surface area contributed by atoms with Crippen LogP contribution in [0.15, 0.2) is 47.3 Å². The van der Waals surface area contributed by atoms with Gasteiger partial charge in [-0.15, -0.1) is 0 Å². The van der Waals surface area contributed by atoms with Crippen LogP contribution in [-0.2, 0) is 12.8 Å². The standard InChI is InChI=1S/C18H20N2O/c1-3-5-14-8-11-16-17(12-14)20(18(21)19-16)15-9-6-13(4-2)7-10-15/h6-12H,3-5H2,1-2H3,(H,19,21). The fraction of sp³-hybridized carbons (Fsp3) is 0.278. The van der Waals surface area contributed by atoms with Gasteiger partial charge in [0.2, 0.25) is 0 Å². The van der Waals surface area contributed by atoms with Gasteiger partial charge in [-0.1, -0.05) is 38.5 Å². The highest BCUT2D eigenvalue weighted by molar-refractivity contribution is 5.78. The fourth-order valence-corrected chi connectivity index (χ4v) is 2.73. The molecular formula is C18H20N2O. The number of fused-ring (bicyclic) bond motifs is 1. The molecule has 0 bridgehead atoms. The van der Waals surface area contributed by atoms with Gasteiger partial charge < -0.3 is 4.98 Å². The summed E-state index contributed by atoms with van der Waals surface area (Å²) in [6.45, 7) is 4.29. The Kier molecular flexibility index (Phi) is 3.65. The Balaban J connectivity index is 2.17. The summed E-state index contributed by atoms with van der Waals surface area (Å²) >= 11 is 0. The molecule has 108 valence electrons. The molecule has 0 aliphatic heterocycles. The van der Waals surface area contributed by atoms with E-state index in [0.717, 1.165) is 36.0 Å². The molecule has 2 aromatic carbocycles. The Morgan fingerprint density at radius 1 is 1.00 bits per heavy atom. The van der Waals surface area contributed by atoms with Crippen molar-refractivity contribution in [2.75, 3.05) is 0 Å². The molecule has 3 rings (SSSR count). The molecule has 0 amide bonds. The molecule has 0 saturated heterocycles. The number of H-pyrrole nitrogens is 1. The summed E-state index contributed by atoms with van der Waals surface area (Å²) in [4.78, 5) is 15.2. The lowest BCUT2D eigenvalue weighted by molar-refractivity contribution is 0.922. The third-order valence-electron chi connectivity index (χ3n) is 3.89. The second-order valence-corrected chi connectivity index (χ2v) is 5.39. The SMILES string of the molecule is CCCc1ccc2[nH]c(=O)n(-c3ccc(CC)cc3)c2c1. The van der Waals surface area contributed by atoms with E-state index in [1.54, 1.807) is 4.57 Å². The first kappa shape index (κ1) is 13.7. The molecule has 3 heteroatoms. The Morgan fingerprint density at radius 2 is 1.71 bits per heavy atom. The summed E-state index contributed by atoms with van der Waals surface area (Å²) in [6, 6.07) is 14.4. The molecule has 0 aliphatic carbocycles. The maximum Gasteiger partial charge on any atom is 0.331 e. The predicted molar refractivity (Wildman–Crippen MR) is 87.3 cm³/mol. The van der Waals surface area contributed by atoms with Crippen LogP contribution in [0.25, 0.3) is 16.7 Å². The molecular weight excluding hydrogens is 260 g/mol. The van der Waals surface area contributed by atoms with E-state index in [9.17, 15) is 4.79 Å². The molecule has 1 N–H and O–H groups in total. The van der Waals surface area contributed by atoms with Crippen LogP contribution in [0.4, 0.5) is 0 Å². The van der Waals surface area contributed by atoms with Crippen LogP contribution in [-0.4, -0.2) is 9.55 Å². The number of aryl methyl sites for hydroxylation is 2. The van der Waals surface area contributed by atoms with Gasteiger partial charge in [0.25, 0.3) is 0 Å². The van der Waals surface area contributed by atoms with Gasteiger partial charge in [-0.05, 0) is 48.2 Å². The van der Waals surface area contributed by atoms with Crippen molar-refractivity contribution in [1.82, 2.24) is 9.55 Å². The third-order valence-corrected chi connectivity index (χ3v) is 3.89. The zero-order chi connectivity index (χ0) is 14.8. The molecule has 3 nitrogen and oxygen atoms in total. The Labute approximate surface area is 124 Å². The minimum absolute atomic E-state index is 0.0807. The molecule has 0 fully saturated rings. The van der Waals surface area contributed by atoms with Gasteiger partial charge in [0.1, 0.15) is 0 Å². The van der Waals surface area contributed by atoms with Gasteiger partial charge >= 0.3 is 5.69 Å². The van der Waals surface area contributed by atoms with E-state index in [1.165, 1.54) is 11.1 Å². The summed E-state index contributed by atoms with van der Waals surface area (Å²) in [6.07, 6.45) is 3.14.